The maximum Gasteiger partial charge on any atom is 0.251 e. The zero-order valence-corrected chi connectivity index (χ0v) is 10.2. The summed E-state index contributed by atoms with van der Waals surface area (Å²) in [5.41, 5.74) is 2.72. The van der Waals surface area contributed by atoms with Crippen molar-refractivity contribution >= 4 is 0 Å². The molecule has 0 aromatic rings. The van der Waals surface area contributed by atoms with E-state index in [0.717, 1.165) is 12.5 Å². The molecule has 15 heavy (non-hydrogen) atoms. The lowest BCUT2D eigenvalue weighted by atomic mass is 9.95. The first-order valence-corrected chi connectivity index (χ1v) is 5.05. The van der Waals surface area contributed by atoms with Crippen molar-refractivity contribution in [3.8, 4) is 0 Å². The van der Waals surface area contributed by atoms with Gasteiger partial charge in [0.25, 0.3) is 5.92 Å². The zero-order valence-electron chi connectivity index (χ0n) is 10.2. The quantitative estimate of drug-likeness (QED) is 0.592. The van der Waals surface area contributed by atoms with Crippen molar-refractivity contribution in [3.63, 3.8) is 0 Å². The zero-order chi connectivity index (χ0) is 12.2. The minimum Gasteiger partial charge on any atom is -0.207 e. The van der Waals surface area contributed by atoms with Crippen molar-refractivity contribution in [2.24, 2.45) is 5.92 Å². The predicted molar refractivity (Wildman–Crippen MR) is 62.1 cm³/mol. The van der Waals surface area contributed by atoms with Crippen LogP contribution in [0.3, 0.4) is 0 Å². The average molecular weight is 214 g/mol. The highest BCUT2D eigenvalue weighted by molar-refractivity contribution is 5.29. The van der Waals surface area contributed by atoms with Crippen molar-refractivity contribution in [3.05, 3.63) is 35.5 Å². The summed E-state index contributed by atoms with van der Waals surface area (Å²) in [6, 6.07) is 0. The molecule has 2 heteroatoms. The third-order valence-corrected chi connectivity index (χ3v) is 2.65. The first-order chi connectivity index (χ1) is 6.66. The van der Waals surface area contributed by atoms with Crippen LogP contribution in [-0.2, 0) is 0 Å². The fourth-order valence-electron chi connectivity index (χ4n) is 0.869. The Labute approximate surface area is 91.4 Å². The first-order valence-electron chi connectivity index (χ1n) is 5.05. The molecule has 0 aliphatic carbocycles. The summed E-state index contributed by atoms with van der Waals surface area (Å²) in [6.07, 6.45) is 3.50. The molecule has 0 N–H and O–H groups in total. The van der Waals surface area contributed by atoms with Gasteiger partial charge in [-0.25, -0.2) is 8.78 Å². The lowest BCUT2D eigenvalue weighted by Crippen LogP contribution is -2.22. The fraction of sp³-hybridized carbons (Fsp3) is 0.538. The largest absolute Gasteiger partial charge is 0.251 e. The number of hydrogen-bond donors (Lipinski definition) is 0. The van der Waals surface area contributed by atoms with Gasteiger partial charge in [-0.05, 0) is 33.3 Å². The molecule has 0 saturated heterocycles. The number of hydrogen-bond acceptors (Lipinski definition) is 0. The molecule has 0 saturated carbocycles. The van der Waals surface area contributed by atoms with Gasteiger partial charge in [-0.2, -0.15) is 0 Å². The predicted octanol–water partition coefficient (Wildman–Crippen LogP) is 4.75. The minimum atomic E-state index is -2.71. The molecule has 1 unspecified atom stereocenters. The second-order valence-corrected chi connectivity index (χ2v) is 4.27. The second kappa shape index (κ2) is 5.24. The lowest BCUT2D eigenvalue weighted by Gasteiger charge is -2.19. The Balaban J connectivity index is 4.59. The number of halogens is 2. The van der Waals surface area contributed by atoms with E-state index in [2.05, 4.69) is 6.58 Å². The van der Waals surface area contributed by atoms with Crippen LogP contribution in [0.5, 0.6) is 0 Å². The van der Waals surface area contributed by atoms with E-state index < -0.39 is 11.8 Å². The van der Waals surface area contributed by atoms with Crippen LogP contribution in [0.1, 0.15) is 34.6 Å². The summed E-state index contributed by atoms with van der Waals surface area (Å²) < 4.78 is 25.9. The van der Waals surface area contributed by atoms with Crippen LogP contribution < -0.4 is 0 Å². The monoisotopic (exact) mass is 214 g/mol. The minimum absolute atomic E-state index is 0.461. The van der Waals surface area contributed by atoms with Gasteiger partial charge < -0.3 is 0 Å². The van der Waals surface area contributed by atoms with Crippen LogP contribution in [0.4, 0.5) is 8.78 Å². The Kier molecular flexibility index (Phi) is 4.92. The molecule has 0 aromatic carbocycles. The van der Waals surface area contributed by atoms with E-state index in [1.165, 1.54) is 12.5 Å². The molecule has 0 rings (SSSR count). The maximum absolute atomic E-state index is 12.9. The molecule has 0 nitrogen and oxygen atoms in total. The second-order valence-electron chi connectivity index (χ2n) is 4.27. The molecular formula is C13H20F2. The number of alkyl halides is 2. The summed E-state index contributed by atoms with van der Waals surface area (Å²) in [4.78, 5) is 0. The number of rotatable bonds is 4. The van der Waals surface area contributed by atoms with Gasteiger partial charge in [-0.3, -0.25) is 0 Å². The lowest BCUT2D eigenvalue weighted by molar-refractivity contribution is -0.0170. The topological polar surface area (TPSA) is 0 Å². The third kappa shape index (κ3) is 4.91. The molecule has 0 fully saturated rings. The molecule has 0 heterocycles. The van der Waals surface area contributed by atoms with E-state index in [1.54, 1.807) is 6.08 Å². The van der Waals surface area contributed by atoms with Crippen molar-refractivity contribution in [2.45, 2.75) is 40.5 Å². The molecule has 0 amide bonds. The van der Waals surface area contributed by atoms with Gasteiger partial charge in [0.05, 0.1) is 0 Å². The molecule has 86 valence electrons. The smallest absolute Gasteiger partial charge is 0.207 e. The Bertz CT molecular complexity index is 286. The van der Waals surface area contributed by atoms with Crippen molar-refractivity contribution in [1.29, 1.82) is 0 Å². The van der Waals surface area contributed by atoms with Crippen molar-refractivity contribution < 1.29 is 8.78 Å². The fourth-order valence-corrected chi connectivity index (χ4v) is 0.869. The average Bonchev–Trinajstić information content (AvgIpc) is 2.10. The van der Waals surface area contributed by atoms with Gasteiger partial charge in [0.2, 0.25) is 0 Å². The van der Waals surface area contributed by atoms with E-state index in [0.29, 0.717) is 5.57 Å². The van der Waals surface area contributed by atoms with E-state index in [1.807, 2.05) is 26.8 Å². The standard InChI is InChI=1S/C13H20F2/c1-9(2)10(3)7-8-11(4)12(5)13(6,14)15/h7-8,12H,4H2,1-3,5-6H3/b8-7-. The van der Waals surface area contributed by atoms with Gasteiger partial charge in [0.1, 0.15) is 0 Å². The van der Waals surface area contributed by atoms with Gasteiger partial charge in [0.15, 0.2) is 0 Å². The van der Waals surface area contributed by atoms with Gasteiger partial charge >= 0.3 is 0 Å². The van der Waals surface area contributed by atoms with Gasteiger partial charge in [0, 0.05) is 5.92 Å². The maximum atomic E-state index is 12.9. The normalized spacial score (nSPS) is 14.1. The highest BCUT2D eigenvalue weighted by atomic mass is 19.3. The molecule has 0 aliphatic rings. The van der Waals surface area contributed by atoms with Crippen molar-refractivity contribution in [2.75, 3.05) is 0 Å². The first kappa shape index (κ1) is 14.1. The van der Waals surface area contributed by atoms with Crippen LogP contribution in [0, 0.1) is 5.92 Å². The Morgan fingerprint density at radius 1 is 1.20 bits per heavy atom. The Morgan fingerprint density at radius 3 is 2.00 bits per heavy atom. The highest BCUT2D eigenvalue weighted by Crippen LogP contribution is 2.29. The van der Waals surface area contributed by atoms with E-state index in [9.17, 15) is 8.78 Å². The number of allylic oxidation sites excluding steroid dienone is 5. The summed E-state index contributed by atoms with van der Waals surface area (Å²) in [5.74, 6) is -3.53. The Morgan fingerprint density at radius 2 is 1.67 bits per heavy atom. The summed E-state index contributed by atoms with van der Waals surface area (Å²) in [7, 11) is 0. The summed E-state index contributed by atoms with van der Waals surface area (Å²) in [6.45, 7) is 12.0. The molecule has 0 bridgehead atoms. The molecule has 0 aromatic heterocycles. The Hall–Kier alpha value is -0.920. The summed E-state index contributed by atoms with van der Waals surface area (Å²) >= 11 is 0. The van der Waals surface area contributed by atoms with E-state index >= 15 is 0 Å². The van der Waals surface area contributed by atoms with Gasteiger partial charge in [-0.15, -0.1) is 0 Å². The molecule has 0 spiro atoms. The molecule has 0 aliphatic heterocycles. The SMILES string of the molecule is C=C(/C=C\C(C)=C(C)C)C(C)C(C)(F)F. The van der Waals surface area contributed by atoms with E-state index in [4.69, 9.17) is 0 Å². The third-order valence-electron chi connectivity index (χ3n) is 2.65. The molecule has 0 radical (unpaired) electrons. The van der Waals surface area contributed by atoms with Crippen molar-refractivity contribution in [1.82, 2.24) is 0 Å². The van der Waals surface area contributed by atoms with E-state index in [-0.39, 0.29) is 0 Å². The van der Waals surface area contributed by atoms with Crippen LogP contribution in [-0.4, -0.2) is 5.92 Å². The molecule has 1 atom stereocenters. The molecular weight excluding hydrogens is 194 g/mol. The van der Waals surface area contributed by atoms with Crippen LogP contribution >= 0.6 is 0 Å². The van der Waals surface area contributed by atoms with Crippen LogP contribution in [0.25, 0.3) is 0 Å². The van der Waals surface area contributed by atoms with Crippen LogP contribution in [0.2, 0.25) is 0 Å². The summed E-state index contributed by atoms with van der Waals surface area (Å²) in [5, 5.41) is 0. The highest BCUT2D eigenvalue weighted by Gasteiger charge is 2.30. The van der Waals surface area contributed by atoms with Crippen LogP contribution in [0.15, 0.2) is 35.5 Å². The van der Waals surface area contributed by atoms with Gasteiger partial charge in [-0.1, -0.05) is 36.8 Å².